The molecule has 0 amide bonds. The molecule has 0 aromatic heterocycles. The number of carboxylic acid groups (broad SMARTS) is 2. The summed E-state index contributed by atoms with van der Waals surface area (Å²) in [6, 6.07) is 0. The van der Waals surface area contributed by atoms with Gasteiger partial charge in [-0.05, 0) is 82.5 Å². The van der Waals surface area contributed by atoms with Gasteiger partial charge in [-0.1, -0.05) is 19.7 Å². The van der Waals surface area contributed by atoms with Gasteiger partial charge in [0, 0.05) is 23.6 Å². The van der Waals surface area contributed by atoms with Crippen molar-refractivity contribution in [2.45, 2.75) is 113 Å². The molecular formula is C32H37F13O8. The zero-order valence-electron chi connectivity index (χ0n) is 28.1. The molecule has 1 unspecified atom stereocenters. The highest BCUT2D eigenvalue weighted by Crippen LogP contribution is 2.61. The van der Waals surface area contributed by atoms with Crippen molar-refractivity contribution in [3.05, 3.63) is 37.0 Å². The van der Waals surface area contributed by atoms with E-state index in [1.165, 1.54) is 38.2 Å². The maximum Gasteiger partial charge on any atom is 0.473 e. The summed E-state index contributed by atoms with van der Waals surface area (Å²) in [5.74, 6) is -39.3. The molecule has 53 heavy (non-hydrogen) atoms. The molecule has 0 heterocycles. The lowest BCUT2D eigenvalue weighted by atomic mass is 9.55. The van der Waals surface area contributed by atoms with Gasteiger partial charge in [0.2, 0.25) is 0 Å². The molecule has 21 heteroatoms. The first-order valence-corrected chi connectivity index (χ1v) is 15.6. The smallest absolute Gasteiger partial charge is 0.473 e. The highest BCUT2D eigenvalue weighted by Gasteiger charge is 2.91. The number of halogens is 13. The Morgan fingerprint density at radius 2 is 1.19 bits per heavy atom. The normalized spacial score (nSPS) is 23.3. The number of ether oxygens (including phenoxy) is 2. The molecule has 4 rings (SSSR count). The molecule has 4 saturated carbocycles. The minimum Gasteiger partial charge on any atom is -0.481 e. The lowest BCUT2D eigenvalue weighted by molar-refractivity contribution is -0.452. The first-order chi connectivity index (χ1) is 23.8. The molecule has 0 aromatic rings. The van der Waals surface area contributed by atoms with Crippen molar-refractivity contribution >= 4 is 23.9 Å². The molecule has 0 spiro atoms. The van der Waals surface area contributed by atoms with Gasteiger partial charge < -0.3 is 19.7 Å². The van der Waals surface area contributed by atoms with E-state index in [0.29, 0.717) is 25.2 Å². The van der Waals surface area contributed by atoms with Gasteiger partial charge in [0.15, 0.2) is 6.17 Å². The maximum absolute atomic E-state index is 13.3. The number of alkyl halides is 13. The molecule has 8 nitrogen and oxygen atoms in total. The van der Waals surface area contributed by atoms with Crippen molar-refractivity contribution in [1.82, 2.24) is 0 Å². The van der Waals surface area contributed by atoms with Crippen LogP contribution in [0.15, 0.2) is 37.0 Å². The fraction of sp³-hybridized carbons (Fsp3) is 0.688. The zero-order chi connectivity index (χ0) is 41.7. The van der Waals surface area contributed by atoms with Crippen LogP contribution < -0.4 is 0 Å². The second kappa shape index (κ2) is 17.1. The minimum absolute atomic E-state index is 0.00764. The van der Waals surface area contributed by atoms with Crippen LogP contribution in [0, 0.1) is 23.7 Å². The largest absolute Gasteiger partial charge is 0.481 e. The molecule has 304 valence electrons. The second-order valence-corrected chi connectivity index (χ2v) is 12.9. The van der Waals surface area contributed by atoms with Crippen molar-refractivity contribution in [2.24, 2.45) is 23.7 Å². The van der Waals surface area contributed by atoms with Gasteiger partial charge in [0.25, 0.3) is 0 Å². The van der Waals surface area contributed by atoms with Crippen LogP contribution in [-0.4, -0.2) is 82.1 Å². The Hall–Kier alpha value is -3.81. The first-order valence-electron chi connectivity index (χ1n) is 15.6. The molecule has 1 atom stereocenters. The van der Waals surface area contributed by atoms with Crippen molar-refractivity contribution in [3.63, 3.8) is 0 Å². The number of esters is 2. The standard InChI is InChI=1S/C13H18O2.C12H9F13O2.C7H10O4/c1-2-12(14)15-13-10-4-8-3-9(6-10)7-11(13)5-8;1-4(2)6(26)27-12(24,25)11(22,23)10(20,21)9(18,19)8(16,17)7(14,15)5(3)13;1-5(7(10)11)3-2-4-6(8)9/h2,8-11,13H,1,3-7H2;5H,1H2,2-3H3;1-4H2,(H,8,9)(H,10,11). The SMILES string of the molecule is C=C(C)C(=O)OC(F)(F)C(F)(F)C(F)(F)C(F)(F)C(F)(F)C(F)(F)C(C)F.C=C(CCCC(=O)O)C(=O)O.C=CC(=O)OC1C2CC3CC(C2)CC1C3. The molecule has 0 aliphatic heterocycles. The number of rotatable bonds is 15. The van der Waals surface area contributed by atoms with Crippen LogP contribution in [0.25, 0.3) is 0 Å². The quantitative estimate of drug-likeness (QED) is 0.0959. The predicted molar refractivity (Wildman–Crippen MR) is 157 cm³/mol. The van der Waals surface area contributed by atoms with Crippen LogP contribution in [0.2, 0.25) is 0 Å². The monoisotopic (exact) mass is 796 g/mol. The molecule has 0 radical (unpaired) electrons. The summed E-state index contributed by atoms with van der Waals surface area (Å²) < 4.78 is 178. The molecule has 4 aliphatic carbocycles. The van der Waals surface area contributed by atoms with Crippen LogP contribution in [0.1, 0.15) is 65.2 Å². The Kier molecular flexibility index (Phi) is 15.2. The molecule has 4 aliphatic rings. The lowest BCUT2D eigenvalue weighted by Crippen LogP contribution is -2.72. The predicted octanol–water partition coefficient (Wildman–Crippen LogP) is 8.66. The van der Waals surface area contributed by atoms with E-state index in [2.05, 4.69) is 24.5 Å². The summed E-state index contributed by atoms with van der Waals surface area (Å²) >= 11 is 0. The van der Waals surface area contributed by atoms with Gasteiger partial charge in [-0.15, -0.1) is 0 Å². The molecule has 0 saturated heterocycles. The van der Waals surface area contributed by atoms with Gasteiger partial charge in [0.05, 0.1) is 0 Å². The Morgan fingerprint density at radius 3 is 1.55 bits per heavy atom. The summed E-state index contributed by atoms with van der Waals surface area (Å²) in [7, 11) is 0. The van der Waals surface area contributed by atoms with E-state index in [-0.39, 0.29) is 30.5 Å². The molecular weight excluding hydrogens is 759 g/mol. The third-order valence-electron chi connectivity index (χ3n) is 8.77. The Morgan fingerprint density at radius 1 is 0.755 bits per heavy atom. The Labute approximate surface area is 294 Å². The van der Waals surface area contributed by atoms with Crippen molar-refractivity contribution in [1.29, 1.82) is 0 Å². The van der Waals surface area contributed by atoms with E-state index in [4.69, 9.17) is 14.9 Å². The third kappa shape index (κ3) is 10.2. The van der Waals surface area contributed by atoms with E-state index >= 15 is 0 Å². The number of carbonyl (C=O) groups excluding carboxylic acids is 2. The summed E-state index contributed by atoms with van der Waals surface area (Å²) in [5.41, 5.74) is -1.06. The second-order valence-electron chi connectivity index (χ2n) is 12.9. The number of carbonyl (C=O) groups is 4. The van der Waals surface area contributed by atoms with Crippen molar-refractivity contribution in [3.8, 4) is 0 Å². The van der Waals surface area contributed by atoms with Gasteiger partial charge in [-0.25, -0.2) is 18.8 Å². The summed E-state index contributed by atoms with van der Waals surface area (Å²) in [6.45, 7) is 9.33. The van der Waals surface area contributed by atoms with Crippen molar-refractivity contribution in [2.75, 3.05) is 0 Å². The third-order valence-corrected chi connectivity index (χ3v) is 8.77. The minimum atomic E-state index is -7.94. The first kappa shape index (κ1) is 47.2. The summed E-state index contributed by atoms with van der Waals surface area (Å²) in [6.07, 6.45) is -2.46. The number of hydrogen-bond donors (Lipinski definition) is 2. The van der Waals surface area contributed by atoms with E-state index < -0.39 is 72.3 Å². The van der Waals surface area contributed by atoms with E-state index in [1.54, 1.807) is 0 Å². The van der Waals surface area contributed by atoms with Gasteiger partial charge in [-0.2, -0.15) is 52.7 Å². The summed E-state index contributed by atoms with van der Waals surface area (Å²) in [4.78, 5) is 42.1. The molecule has 4 fully saturated rings. The Bertz CT molecular complexity index is 1370. The number of aliphatic carboxylic acids is 2. The fourth-order valence-corrected chi connectivity index (χ4v) is 6.11. The van der Waals surface area contributed by atoms with E-state index in [0.717, 1.165) is 11.8 Å². The van der Waals surface area contributed by atoms with Gasteiger partial charge >= 0.3 is 59.6 Å². The van der Waals surface area contributed by atoms with Crippen LogP contribution in [0.5, 0.6) is 0 Å². The van der Waals surface area contributed by atoms with Crippen LogP contribution in [-0.2, 0) is 28.7 Å². The number of hydrogen-bond acceptors (Lipinski definition) is 6. The highest BCUT2D eigenvalue weighted by atomic mass is 19.4. The van der Waals surface area contributed by atoms with Gasteiger partial charge in [-0.3, -0.25) is 4.79 Å². The van der Waals surface area contributed by atoms with Crippen LogP contribution >= 0.6 is 0 Å². The molecule has 4 bridgehead atoms. The topological polar surface area (TPSA) is 127 Å². The Balaban J connectivity index is 0.000000447. The fourth-order valence-electron chi connectivity index (χ4n) is 6.11. The zero-order valence-corrected chi connectivity index (χ0v) is 28.1. The lowest BCUT2D eigenvalue weighted by Gasteiger charge is -2.53. The molecule has 2 N–H and O–H groups in total. The van der Waals surface area contributed by atoms with E-state index in [1.807, 2.05) is 0 Å². The van der Waals surface area contributed by atoms with Crippen LogP contribution in [0.4, 0.5) is 57.1 Å². The molecule has 0 aromatic carbocycles. The summed E-state index contributed by atoms with van der Waals surface area (Å²) in [5, 5.41) is 16.5. The van der Waals surface area contributed by atoms with Crippen LogP contribution in [0.3, 0.4) is 0 Å². The average Bonchev–Trinajstić information content (AvgIpc) is 3.01. The maximum atomic E-state index is 13.3. The van der Waals surface area contributed by atoms with E-state index in [9.17, 15) is 76.3 Å². The number of carboxylic acids is 2. The average molecular weight is 797 g/mol. The van der Waals surface area contributed by atoms with Crippen molar-refractivity contribution < 1.29 is 95.9 Å². The highest BCUT2D eigenvalue weighted by molar-refractivity contribution is 5.87. The van der Waals surface area contributed by atoms with Gasteiger partial charge in [0.1, 0.15) is 6.10 Å².